The summed E-state index contributed by atoms with van der Waals surface area (Å²) < 4.78 is 37.7. The predicted octanol–water partition coefficient (Wildman–Crippen LogP) is 2.04. The van der Waals surface area contributed by atoms with Gasteiger partial charge in [0.25, 0.3) is 0 Å². The van der Waals surface area contributed by atoms with E-state index in [9.17, 15) is 18.0 Å². The molecule has 0 radical (unpaired) electrons. The maximum absolute atomic E-state index is 12.6. The van der Waals surface area contributed by atoms with Crippen LogP contribution in [0.5, 0.6) is 0 Å². The van der Waals surface area contributed by atoms with Crippen LogP contribution in [0.1, 0.15) is 21.5 Å². The number of carbonyl (C=O) groups excluding carboxylic acids is 1. The van der Waals surface area contributed by atoms with Crippen molar-refractivity contribution in [1.29, 1.82) is 0 Å². The zero-order chi connectivity index (χ0) is 11.6. The molecule has 0 aliphatic rings. The van der Waals surface area contributed by atoms with Gasteiger partial charge in [-0.2, -0.15) is 19.1 Å². The van der Waals surface area contributed by atoms with Gasteiger partial charge in [0.15, 0.2) is 0 Å². The van der Waals surface area contributed by atoms with E-state index in [-0.39, 0.29) is 5.56 Å². The number of hydrogen-bond donors (Lipinski definition) is 1. The Bertz CT molecular complexity index is 387. The molecular weight excluding hydrogens is 211 g/mol. The third-order valence-electron chi connectivity index (χ3n) is 1.88. The van der Waals surface area contributed by atoms with Crippen molar-refractivity contribution in [3.63, 3.8) is 0 Å². The van der Waals surface area contributed by atoms with E-state index in [0.717, 1.165) is 6.07 Å². The van der Waals surface area contributed by atoms with Gasteiger partial charge in [0.2, 0.25) is 0 Å². The summed E-state index contributed by atoms with van der Waals surface area (Å²) in [7, 11) is 0. The van der Waals surface area contributed by atoms with Crippen LogP contribution >= 0.6 is 0 Å². The minimum absolute atomic E-state index is 0.0506. The third-order valence-corrected chi connectivity index (χ3v) is 1.88. The molecular formula is C9H8F3NO2. The Kier molecular flexibility index (Phi) is 2.99. The summed E-state index contributed by atoms with van der Waals surface area (Å²) >= 11 is 0. The monoisotopic (exact) mass is 219 g/mol. The molecule has 0 bridgehead atoms. The number of carbonyl (C=O) groups is 1. The average Bonchev–Trinajstić information content (AvgIpc) is 2.14. The highest BCUT2D eigenvalue weighted by Crippen LogP contribution is 2.34. The van der Waals surface area contributed by atoms with Crippen LogP contribution in [0.2, 0.25) is 0 Å². The number of benzene rings is 1. The molecule has 0 aliphatic carbocycles. The van der Waals surface area contributed by atoms with Gasteiger partial charge in [0, 0.05) is 0 Å². The first-order chi connectivity index (χ1) is 6.88. The lowest BCUT2D eigenvalue weighted by atomic mass is 10.0. The molecule has 1 aromatic rings. The van der Waals surface area contributed by atoms with Crippen LogP contribution in [0.3, 0.4) is 0 Å². The van der Waals surface area contributed by atoms with E-state index in [0.29, 0.717) is 0 Å². The molecule has 2 N–H and O–H groups in total. The third kappa shape index (κ3) is 2.27. The van der Waals surface area contributed by atoms with Gasteiger partial charge in [-0.05, 0) is 18.6 Å². The summed E-state index contributed by atoms with van der Waals surface area (Å²) in [6, 6.07) is 3.61. The number of rotatable bonds is 1. The van der Waals surface area contributed by atoms with Crippen LogP contribution in [0.25, 0.3) is 0 Å². The Morgan fingerprint density at radius 2 is 2.00 bits per heavy atom. The van der Waals surface area contributed by atoms with Crippen molar-refractivity contribution in [1.82, 2.24) is 0 Å². The van der Waals surface area contributed by atoms with Crippen molar-refractivity contribution in [2.45, 2.75) is 13.1 Å². The first-order valence-corrected chi connectivity index (χ1v) is 3.95. The van der Waals surface area contributed by atoms with Gasteiger partial charge in [-0.3, -0.25) is 0 Å². The van der Waals surface area contributed by atoms with E-state index in [1.807, 2.05) is 0 Å². The summed E-state index contributed by atoms with van der Waals surface area (Å²) in [4.78, 5) is 14.8. The molecule has 0 fully saturated rings. The zero-order valence-electron chi connectivity index (χ0n) is 7.76. The van der Waals surface area contributed by atoms with Crippen molar-refractivity contribution in [2.24, 2.45) is 5.90 Å². The highest BCUT2D eigenvalue weighted by molar-refractivity contribution is 5.91. The zero-order valence-corrected chi connectivity index (χ0v) is 7.76. The fourth-order valence-corrected chi connectivity index (χ4v) is 1.28. The fraction of sp³-hybridized carbons (Fsp3) is 0.222. The molecule has 0 aliphatic heterocycles. The van der Waals surface area contributed by atoms with Crippen molar-refractivity contribution < 1.29 is 22.8 Å². The molecule has 0 saturated carbocycles. The van der Waals surface area contributed by atoms with Gasteiger partial charge in [-0.25, -0.2) is 4.79 Å². The van der Waals surface area contributed by atoms with E-state index < -0.39 is 23.3 Å². The molecule has 0 unspecified atom stereocenters. The minimum atomic E-state index is -4.60. The van der Waals surface area contributed by atoms with Gasteiger partial charge in [-0.15, -0.1) is 0 Å². The molecule has 3 nitrogen and oxygen atoms in total. The maximum Gasteiger partial charge on any atom is 0.417 e. The SMILES string of the molecule is Cc1cccc(C(=O)ON)c1C(F)(F)F. The van der Waals surface area contributed by atoms with Crippen LogP contribution in [0.4, 0.5) is 13.2 Å². The molecule has 1 aromatic carbocycles. The Morgan fingerprint density at radius 3 is 2.47 bits per heavy atom. The molecule has 15 heavy (non-hydrogen) atoms. The molecule has 0 aromatic heterocycles. The lowest BCUT2D eigenvalue weighted by Crippen LogP contribution is -2.18. The average molecular weight is 219 g/mol. The molecule has 6 heteroatoms. The van der Waals surface area contributed by atoms with E-state index in [1.165, 1.54) is 19.1 Å². The number of alkyl halides is 3. The Hall–Kier alpha value is -1.56. The lowest BCUT2D eigenvalue weighted by Gasteiger charge is -2.13. The molecule has 0 spiro atoms. The highest BCUT2D eigenvalue weighted by Gasteiger charge is 2.37. The van der Waals surface area contributed by atoms with Crippen LogP contribution in [0, 0.1) is 6.92 Å². The number of aryl methyl sites for hydroxylation is 1. The largest absolute Gasteiger partial charge is 0.417 e. The number of halogens is 3. The summed E-state index contributed by atoms with van der Waals surface area (Å²) in [6.45, 7) is 1.26. The summed E-state index contributed by atoms with van der Waals surface area (Å²) in [6.07, 6.45) is -4.60. The first-order valence-electron chi connectivity index (χ1n) is 3.95. The fourth-order valence-electron chi connectivity index (χ4n) is 1.28. The Labute approximate surface area is 83.6 Å². The number of hydrogen-bond acceptors (Lipinski definition) is 3. The molecule has 0 heterocycles. The second-order valence-corrected chi connectivity index (χ2v) is 2.90. The highest BCUT2D eigenvalue weighted by atomic mass is 19.4. The second-order valence-electron chi connectivity index (χ2n) is 2.90. The van der Waals surface area contributed by atoms with Crippen molar-refractivity contribution in [2.75, 3.05) is 0 Å². The van der Waals surface area contributed by atoms with Crippen molar-refractivity contribution in [3.05, 3.63) is 34.9 Å². The van der Waals surface area contributed by atoms with Gasteiger partial charge < -0.3 is 4.84 Å². The van der Waals surface area contributed by atoms with E-state index in [2.05, 4.69) is 10.7 Å². The van der Waals surface area contributed by atoms with Crippen LogP contribution in [-0.2, 0) is 11.0 Å². The van der Waals surface area contributed by atoms with Gasteiger partial charge in [0.1, 0.15) is 0 Å². The van der Waals surface area contributed by atoms with E-state index in [1.54, 1.807) is 0 Å². The molecule has 82 valence electrons. The minimum Gasteiger partial charge on any atom is -0.370 e. The normalized spacial score (nSPS) is 11.3. The Morgan fingerprint density at radius 1 is 1.40 bits per heavy atom. The predicted molar refractivity (Wildman–Crippen MR) is 45.8 cm³/mol. The van der Waals surface area contributed by atoms with Crippen LogP contribution in [0.15, 0.2) is 18.2 Å². The standard InChI is InChI=1S/C9H8F3NO2/c1-5-3-2-4-6(8(14)15-13)7(5)9(10,11)12/h2-4H,13H2,1H3. The smallest absolute Gasteiger partial charge is 0.370 e. The quantitative estimate of drug-likeness (QED) is 0.735. The lowest BCUT2D eigenvalue weighted by molar-refractivity contribution is -0.138. The summed E-state index contributed by atoms with van der Waals surface area (Å²) in [5.41, 5.74) is -1.64. The van der Waals surface area contributed by atoms with Gasteiger partial charge in [0.05, 0.1) is 11.1 Å². The summed E-state index contributed by atoms with van der Waals surface area (Å²) in [5.74, 6) is 3.35. The number of nitrogens with two attached hydrogens (primary N) is 1. The summed E-state index contributed by atoms with van der Waals surface area (Å²) in [5, 5.41) is 0. The topological polar surface area (TPSA) is 52.3 Å². The van der Waals surface area contributed by atoms with Crippen molar-refractivity contribution >= 4 is 5.97 Å². The molecule has 1 rings (SSSR count). The molecule has 0 atom stereocenters. The van der Waals surface area contributed by atoms with E-state index >= 15 is 0 Å². The van der Waals surface area contributed by atoms with Gasteiger partial charge in [-0.1, -0.05) is 12.1 Å². The molecule has 0 saturated heterocycles. The van der Waals surface area contributed by atoms with Crippen LogP contribution in [-0.4, -0.2) is 5.97 Å². The second kappa shape index (κ2) is 3.90. The first kappa shape index (κ1) is 11.5. The van der Waals surface area contributed by atoms with Crippen molar-refractivity contribution in [3.8, 4) is 0 Å². The molecule has 0 amide bonds. The maximum atomic E-state index is 12.6. The van der Waals surface area contributed by atoms with Crippen LogP contribution < -0.4 is 5.90 Å². The van der Waals surface area contributed by atoms with Gasteiger partial charge >= 0.3 is 12.1 Å². The van der Waals surface area contributed by atoms with E-state index in [4.69, 9.17) is 0 Å². The Balaban J connectivity index is 3.40.